The van der Waals surface area contributed by atoms with Crippen LogP contribution in [0.5, 0.6) is 0 Å². The monoisotopic (exact) mass is 307 g/mol. The minimum absolute atomic E-state index is 0.144. The fourth-order valence-electron chi connectivity index (χ4n) is 2.56. The third kappa shape index (κ3) is 4.56. The number of aliphatic hydroxyl groups is 1. The summed E-state index contributed by atoms with van der Waals surface area (Å²) in [4.78, 5) is 20.0. The highest BCUT2D eigenvalue weighted by molar-refractivity contribution is 5.97. The lowest BCUT2D eigenvalue weighted by molar-refractivity contribution is 0.100. The first-order valence-corrected chi connectivity index (χ1v) is 7.64. The molecule has 2 rings (SSSR count). The Labute approximate surface area is 130 Å². The number of rotatable bonds is 4. The Hall–Kier alpha value is -1.89. The number of hydrogen-bond acceptors (Lipinski definition) is 6. The second-order valence-corrected chi connectivity index (χ2v) is 6.86. The number of nitrogens with two attached hydrogens (primary N) is 1. The molecule has 5 N–H and O–H groups in total. The number of primary amides is 1. The van der Waals surface area contributed by atoms with Gasteiger partial charge in [-0.3, -0.25) is 4.79 Å². The number of anilines is 2. The second kappa shape index (κ2) is 6.48. The summed E-state index contributed by atoms with van der Waals surface area (Å²) in [5.41, 5.74) is 5.39. The van der Waals surface area contributed by atoms with E-state index in [1.54, 1.807) is 0 Å². The lowest BCUT2D eigenvalue weighted by atomic mass is 9.93. The minimum atomic E-state index is -0.564. The number of hydrogen-bond donors (Lipinski definition) is 4. The van der Waals surface area contributed by atoms with Crippen molar-refractivity contribution in [2.24, 2.45) is 5.73 Å². The third-order valence-corrected chi connectivity index (χ3v) is 3.53. The number of carbonyl (C=O) groups excluding carboxylic acids is 1. The lowest BCUT2D eigenvalue weighted by Crippen LogP contribution is -2.32. The van der Waals surface area contributed by atoms with Crippen LogP contribution in [0, 0.1) is 0 Å². The summed E-state index contributed by atoms with van der Waals surface area (Å²) in [6, 6.07) is 0.144. The van der Waals surface area contributed by atoms with Crippen molar-refractivity contribution in [1.82, 2.24) is 9.97 Å². The maximum absolute atomic E-state index is 11.5. The molecule has 0 aliphatic heterocycles. The molecule has 1 heterocycles. The fraction of sp³-hybridized carbons (Fsp3) is 0.667. The molecular weight excluding hydrogens is 282 g/mol. The van der Waals surface area contributed by atoms with Crippen molar-refractivity contribution in [1.29, 1.82) is 0 Å². The van der Waals surface area contributed by atoms with Gasteiger partial charge in [0.25, 0.3) is 5.91 Å². The molecule has 7 nitrogen and oxygen atoms in total. The largest absolute Gasteiger partial charge is 0.393 e. The van der Waals surface area contributed by atoms with Gasteiger partial charge in [0.05, 0.1) is 11.7 Å². The number of nitrogens with zero attached hydrogens (tertiary/aromatic N) is 2. The van der Waals surface area contributed by atoms with Gasteiger partial charge in [0.2, 0.25) is 5.95 Å². The molecule has 122 valence electrons. The van der Waals surface area contributed by atoms with Crippen molar-refractivity contribution in [3.8, 4) is 0 Å². The van der Waals surface area contributed by atoms with Crippen molar-refractivity contribution in [2.45, 2.75) is 64.1 Å². The number of aromatic nitrogens is 2. The number of aliphatic hydroxyl groups excluding tert-OH is 1. The summed E-state index contributed by atoms with van der Waals surface area (Å²) in [5.74, 6) is 0.302. The van der Waals surface area contributed by atoms with Crippen LogP contribution >= 0.6 is 0 Å². The molecule has 0 unspecified atom stereocenters. The van der Waals surface area contributed by atoms with Gasteiger partial charge in [-0.2, -0.15) is 4.98 Å². The summed E-state index contributed by atoms with van der Waals surface area (Å²) in [6.45, 7) is 5.93. The molecule has 2 atom stereocenters. The summed E-state index contributed by atoms with van der Waals surface area (Å²) < 4.78 is 0. The average molecular weight is 307 g/mol. The van der Waals surface area contributed by atoms with E-state index in [0.29, 0.717) is 18.2 Å². The maximum Gasteiger partial charge on any atom is 0.254 e. The third-order valence-electron chi connectivity index (χ3n) is 3.53. The van der Waals surface area contributed by atoms with Gasteiger partial charge >= 0.3 is 0 Å². The molecule has 1 amide bonds. The van der Waals surface area contributed by atoms with Crippen LogP contribution in [0.4, 0.5) is 11.8 Å². The van der Waals surface area contributed by atoms with Crippen LogP contribution in [0.1, 0.15) is 56.8 Å². The Morgan fingerprint density at radius 1 is 1.41 bits per heavy atom. The van der Waals surface area contributed by atoms with E-state index in [1.807, 2.05) is 20.8 Å². The normalized spacial score (nSPS) is 22.2. The van der Waals surface area contributed by atoms with Crippen molar-refractivity contribution in [3.05, 3.63) is 11.8 Å². The van der Waals surface area contributed by atoms with Gasteiger partial charge in [0.1, 0.15) is 5.82 Å². The zero-order chi connectivity index (χ0) is 16.3. The molecule has 22 heavy (non-hydrogen) atoms. The topological polar surface area (TPSA) is 113 Å². The first-order chi connectivity index (χ1) is 10.2. The van der Waals surface area contributed by atoms with E-state index in [-0.39, 0.29) is 23.2 Å². The van der Waals surface area contributed by atoms with Crippen LogP contribution < -0.4 is 16.4 Å². The molecule has 1 saturated carbocycles. The zero-order valence-electron chi connectivity index (χ0n) is 13.4. The van der Waals surface area contributed by atoms with Crippen molar-refractivity contribution in [2.75, 3.05) is 10.6 Å². The Balaban J connectivity index is 2.18. The quantitative estimate of drug-likeness (QED) is 0.670. The molecule has 0 bridgehead atoms. The van der Waals surface area contributed by atoms with E-state index in [9.17, 15) is 9.90 Å². The van der Waals surface area contributed by atoms with Gasteiger partial charge in [-0.05, 0) is 46.5 Å². The smallest absolute Gasteiger partial charge is 0.254 e. The Morgan fingerprint density at radius 3 is 2.73 bits per heavy atom. The minimum Gasteiger partial charge on any atom is -0.393 e. The van der Waals surface area contributed by atoms with Gasteiger partial charge in [-0.15, -0.1) is 0 Å². The Kier molecular flexibility index (Phi) is 4.85. The fourth-order valence-corrected chi connectivity index (χ4v) is 2.56. The predicted molar refractivity (Wildman–Crippen MR) is 85.8 cm³/mol. The second-order valence-electron chi connectivity index (χ2n) is 6.86. The summed E-state index contributed by atoms with van der Waals surface area (Å²) in [6.07, 6.45) is 4.64. The number of carbonyl (C=O) groups is 1. The first-order valence-electron chi connectivity index (χ1n) is 7.64. The molecule has 0 saturated heterocycles. The van der Waals surface area contributed by atoms with Gasteiger partial charge in [0.15, 0.2) is 0 Å². The molecule has 7 heteroatoms. The molecule has 1 fully saturated rings. The summed E-state index contributed by atoms with van der Waals surface area (Å²) in [5, 5.41) is 16.1. The highest BCUT2D eigenvalue weighted by Gasteiger charge is 2.22. The highest BCUT2D eigenvalue weighted by atomic mass is 16.3. The van der Waals surface area contributed by atoms with E-state index in [1.165, 1.54) is 6.20 Å². The van der Waals surface area contributed by atoms with Crippen LogP contribution in [0.15, 0.2) is 6.20 Å². The summed E-state index contributed by atoms with van der Waals surface area (Å²) >= 11 is 0. The van der Waals surface area contributed by atoms with E-state index in [2.05, 4.69) is 20.6 Å². The Bertz CT molecular complexity index is 541. The Morgan fingerprint density at radius 2 is 2.14 bits per heavy atom. The van der Waals surface area contributed by atoms with Crippen LogP contribution in [-0.4, -0.2) is 38.7 Å². The van der Waals surface area contributed by atoms with Gasteiger partial charge in [-0.1, -0.05) is 0 Å². The SMILES string of the molecule is CC(C)(C)Nc1nc(N[C@@H]2CCC[C@@H](O)C2)ncc1C(N)=O. The van der Waals surface area contributed by atoms with Crippen molar-refractivity contribution < 1.29 is 9.90 Å². The molecule has 1 aromatic rings. The molecule has 0 radical (unpaired) electrons. The van der Waals surface area contributed by atoms with Crippen LogP contribution in [-0.2, 0) is 0 Å². The van der Waals surface area contributed by atoms with Crippen LogP contribution in [0.2, 0.25) is 0 Å². The zero-order valence-corrected chi connectivity index (χ0v) is 13.4. The molecule has 1 aliphatic carbocycles. The van der Waals surface area contributed by atoms with Gasteiger partial charge in [-0.25, -0.2) is 4.98 Å². The van der Waals surface area contributed by atoms with Crippen molar-refractivity contribution >= 4 is 17.7 Å². The number of nitrogens with one attached hydrogen (secondary N) is 2. The van der Waals surface area contributed by atoms with E-state index in [0.717, 1.165) is 19.3 Å². The first kappa shape index (κ1) is 16.5. The van der Waals surface area contributed by atoms with Crippen LogP contribution in [0.3, 0.4) is 0 Å². The molecule has 1 aliphatic rings. The number of amides is 1. The summed E-state index contributed by atoms with van der Waals surface area (Å²) in [7, 11) is 0. The van der Waals surface area contributed by atoms with Crippen molar-refractivity contribution in [3.63, 3.8) is 0 Å². The molecule has 0 aromatic carbocycles. The van der Waals surface area contributed by atoms with Gasteiger partial charge < -0.3 is 21.5 Å². The van der Waals surface area contributed by atoms with E-state index < -0.39 is 5.91 Å². The lowest BCUT2D eigenvalue weighted by Gasteiger charge is -2.27. The molecular formula is C15H25N5O2. The maximum atomic E-state index is 11.5. The molecule has 0 spiro atoms. The van der Waals surface area contributed by atoms with Gasteiger partial charge in [0, 0.05) is 17.8 Å². The van der Waals surface area contributed by atoms with E-state index in [4.69, 9.17) is 5.73 Å². The van der Waals surface area contributed by atoms with Crippen LogP contribution in [0.25, 0.3) is 0 Å². The van der Waals surface area contributed by atoms with E-state index >= 15 is 0 Å². The predicted octanol–water partition coefficient (Wildman–Crippen LogP) is 1.50. The average Bonchev–Trinajstić information content (AvgIpc) is 2.36. The highest BCUT2D eigenvalue weighted by Crippen LogP contribution is 2.23. The standard InChI is InChI=1S/C15H25N5O2/c1-15(2,3)20-13-11(12(16)22)8-17-14(19-13)18-9-5-4-6-10(21)7-9/h8-10,21H,4-7H2,1-3H3,(H2,16,22)(H2,17,18,19,20)/t9-,10-/m1/s1. The molecule has 1 aromatic heterocycles.